The molecule has 3 aromatic rings. The molecule has 4 heterocycles. The van der Waals surface area contributed by atoms with E-state index in [0.29, 0.717) is 11.8 Å². The molecule has 8 heteroatoms. The monoisotopic (exact) mass is 331 g/mol. The van der Waals surface area contributed by atoms with Gasteiger partial charge in [-0.1, -0.05) is 18.9 Å². The first-order valence-electron chi connectivity index (χ1n) is 8.22. The fourth-order valence-corrected chi connectivity index (χ4v) is 4.42. The summed E-state index contributed by atoms with van der Waals surface area (Å²) >= 11 is 1.80. The van der Waals surface area contributed by atoms with Gasteiger partial charge < -0.3 is 5.32 Å². The Labute approximate surface area is 138 Å². The number of likely N-dealkylation sites (N-methyl/N-ethyl adjacent to an activating group) is 1. The standard InChI is InChI=1S/C15H21N7S/c1-4-9(3)16-13-12-10-6-7-21(5-2)8-11(10)23-14(12)22-15(17-13)18-19-20-22/h9H,4-8H2,1-3H3,(H,16,17,18,20). The van der Waals surface area contributed by atoms with Crippen molar-refractivity contribution in [2.75, 3.05) is 18.4 Å². The molecule has 0 amide bonds. The number of thiophene rings is 1. The lowest BCUT2D eigenvalue weighted by Gasteiger charge is -2.25. The number of nitrogens with one attached hydrogen (secondary N) is 1. The number of fused-ring (bicyclic) bond motifs is 5. The maximum atomic E-state index is 4.68. The summed E-state index contributed by atoms with van der Waals surface area (Å²) in [6, 6.07) is 0.371. The number of hydrogen-bond donors (Lipinski definition) is 1. The zero-order chi connectivity index (χ0) is 16.0. The SMILES string of the molecule is CCC(C)Nc1nc2nnnn2c2sc3c(c12)CCN(CC)C3. The molecule has 0 saturated carbocycles. The molecule has 3 aromatic heterocycles. The first-order valence-corrected chi connectivity index (χ1v) is 9.04. The molecule has 0 fully saturated rings. The molecule has 1 N–H and O–H groups in total. The van der Waals surface area contributed by atoms with E-state index in [1.54, 1.807) is 15.9 Å². The second kappa shape index (κ2) is 5.68. The lowest BCUT2D eigenvalue weighted by Crippen LogP contribution is -2.29. The highest BCUT2D eigenvalue weighted by atomic mass is 32.1. The molecule has 1 aliphatic rings. The van der Waals surface area contributed by atoms with Gasteiger partial charge in [-0.05, 0) is 42.3 Å². The highest BCUT2D eigenvalue weighted by Crippen LogP contribution is 2.38. The average Bonchev–Trinajstić information content (AvgIpc) is 3.17. The fraction of sp³-hybridized carbons (Fsp3) is 0.600. The van der Waals surface area contributed by atoms with Gasteiger partial charge >= 0.3 is 0 Å². The van der Waals surface area contributed by atoms with E-state index in [-0.39, 0.29) is 0 Å². The van der Waals surface area contributed by atoms with Crippen LogP contribution in [0.15, 0.2) is 0 Å². The highest BCUT2D eigenvalue weighted by molar-refractivity contribution is 7.19. The van der Waals surface area contributed by atoms with Gasteiger partial charge in [-0.2, -0.15) is 9.50 Å². The Morgan fingerprint density at radius 2 is 2.22 bits per heavy atom. The van der Waals surface area contributed by atoms with Crippen molar-refractivity contribution in [1.82, 2.24) is 29.9 Å². The molecule has 1 atom stereocenters. The van der Waals surface area contributed by atoms with Crippen LogP contribution in [-0.4, -0.2) is 49.1 Å². The largest absolute Gasteiger partial charge is 0.367 e. The van der Waals surface area contributed by atoms with Crippen LogP contribution < -0.4 is 5.32 Å². The molecule has 122 valence electrons. The number of anilines is 1. The van der Waals surface area contributed by atoms with E-state index >= 15 is 0 Å². The third kappa shape index (κ3) is 2.36. The maximum Gasteiger partial charge on any atom is 0.276 e. The fourth-order valence-electron chi connectivity index (χ4n) is 3.08. The van der Waals surface area contributed by atoms with Crippen LogP contribution in [0.25, 0.3) is 16.0 Å². The molecule has 1 aliphatic heterocycles. The second-order valence-electron chi connectivity index (χ2n) is 6.11. The van der Waals surface area contributed by atoms with E-state index < -0.39 is 0 Å². The predicted octanol–water partition coefficient (Wildman–Crippen LogP) is 2.32. The van der Waals surface area contributed by atoms with E-state index in [1.807, 2.05) is 0 Å². The van der Waals surface area contributed by atoms with E-state index in [4.69, 9.17) is 0 Å². The van der Waals surface area contributed by atoms with Crippen molar-refractivity contribution >= 4 is 33.1 Å². The first kappa shape index (κ1) is 14.8. The number of nitrogens with zero attached hydrogens (tertiary/aromatic N) is 6. The van der Waals surface area contributed by atoms with Crippen LogP contribution in [0.4, 0.5) is 5.82 Å². The van der Waals surface area contributed by atoms with Crippen molar-refractivity contribution in [2.45, 2.75) is 46.2 Å². The van der Waals surface area contributed by atoms with Crippen molar-refractivity contribution < 1.29 is 0 Å². The van der Waals surface area contributed by atoms with Crippen LogP contribution in [0.1, 0.15) is 37.6 Å². The average molecular weight is 331 g/mol. The summed E-state index contributed by atoms with van der Waals surface area (Å²) in [6.07, 6.45) is 2.11. The number of tetrazole rings is 1. The van der Waals surface area contributed by atoms with Gasteiger partial charge in [0.05, 0.1) is 5.39 Å². The molecule has 4 rings (SSSR count). The van der Waals surface area contributed by atoms with Gasteiger partial charge in [-0.3, -0.25) is 4.90 Å². The molecule has 0 bridgehead atoms. The maximum absolute atomic E-state index is 4.68. The minimum Gasteiger partial charge on any atom is -0.367 e. The lowest BCUT2D eigenvalue weighted by atomic mass is 10.0. The summed E-state index contributed by atoms with van der Waals surface area (Å²) in [7, 11) is 0. The number of aromatic nitrogens is 5. The van der Waals surface area contributed by atoms with Gasteiger partial charge in [0, 0.05) is 24.0 Å². The minimum absolute atomic E-state index is 0.371. The molecular weight excluding hydrogens is 310 g/mol. The van der Waals surface area contributed by atoms with E-state index in [9.17, 15) is 0 Å². The Balaban J connectivity index is 1.94. The Hall–Kier alpha value is -1.80. The Morgan fingerprint density at radius 1 is 1.35 bits per heavy atom. The van der Waals surface area contributed by atoms with Crippen LogP contribution in [0.5, 0.6) is 0 Å². The van der Waals surface area contributed by atoms with Crippen molar-refractivity contribution in [3.63, 3.8) is 0 Å². The van der Waals surface area contributed by atoms with Crippen molar-refractivity contribution in [3.05, 3.63) is 10.4 Å². The van der Waals surface area contributed by atoms with Gasteiger partial charge in [0.15, 0.2) is 0 Å². The van der Waals surface area contributed by atoms with Crippen LogP contribution >= 0.6 is 11.3 Å². The van der Waals surface area contributed by atoms with E-state index in [1.165, 1.54) is 15.8 Å². The molecule has 0 radical (unpaired) electrons. The second-order valence-corrected chi connectivity index (χ2v) is 7.19. The smallest absolute Gasteiger partial charge is 0.276 e. The molecule has 1 unspecified atom stereocenters. The summed E-state index contributed by atoms with van der Waals surface area (Å²) in [6.45, 7) is 9.77. The Bertz CT molecular complexity index is 852. The molecule has 0 saturated heterocycles. The van der Waals surface area contributed by atoms with Crippen LogP contribution in [-0.2, 0) is 13.0 Å². The summed E-state index contributed by atoms with van der Waals surface area (Å²) < 4.78 is 1.77. The normalized spacial score (nSPS) is 16.8. The molecule has 7 nitrogen and oxygen atoms in total. The molecule has 23 heavy (non-hydrogen) atoms. The minimum atomic E-state index is 0.371. The van der Waals surface area contributed by atoms with Crippen molar-refractivity contribution in [1.29, 1.82) is 0 Å². The number of hydrogen-bond acceptors (Lipinski definition) is 7. The topological polar surface area (TPSA) is 71.2 Å². The first-order chi connectivity index (χ1) is 11.2. The summed E-state index contributed by atoms with van der Waals surface area (Å²) in [5, 5.41) is 16.7. The van der Waals surface area contributed by atoms with Gasteiger partial charge in [0.2, 0.25) is 0 Å². The highest BCUT2D eigenvalue weighted by Gasteiger charge is 2.25. The third-order valence-corrected chi connectivity index (χ3v) is 5.85. The third-order valence-electron chi connectivity index (χ3n) is 4.65. The van der Waals surface area contributed by atoms with Gasteiger partial charge in [-0.25, -0.2) is 0 Å². The predicted molar refractivity (Wildman–Crippen MR) is 92.0 cm³/mol. The zero-order valence-electron chi connectivity index (χ0n) is 13.7. The van der Waals surface area contributed by atoms with Crippen LogP contribution in [0, 0.1) is 0 Å². The van der Waals surface area contributed by atoms with Gasteiger partial charge in [0.1, 0.15) is 10.6 Å². The Kier molecular flexibility index (Phi) is 3.65. The van der Waals surface area contributed by atoms with E-state index in [2.05, 4.69) is 51.5 Å². The molecule has 0 aliphatic carbocycles. The molecule has 0 aromatic carbocycles. The lowest BCUT2D eigenvalue weighted by molar-refractivity contribution is 0.272. The quantitative estimate of drug-likeness (QED) is 0.791. The van der Waals surface area contributed by atoms with Crippen LogP contribution in [0.3, 0.4) is 0 Å². The van der Waals surface area contributed by atoms with Gasteiger partial charge in [-0.15, -0.1) is 11.3 Å². The Morgan fingerprint density at radius 3 is 3.00 bits per heavy atom. The van der Waals surface area contributed by atoms with Crippen molar-refractivity contribution in [3.8, 4) is 0 Å². The molecule has 0 spiro atoms. The van der Waals surface area contributed by atoms with Crippen LogP contribution in [0.2, 0.25) is 0 Å². The van der Waals surface area contributed by atoms with Gasteiger partial charge in [0.25, 0.3) is 5.78 Å². The number of rotatable bonds is 4. The summed E-state index contributed by atoms with van der Waals surface area (Å²) in [5.74, 6) is 1.49. The summed E-state index contributed by atoms with van der Waals surface area (Å²) in [5.41, 5.74) is 1.42. The zero-order valence-corrected chi connectivity index (χ0v) is 14.5. The van der Waals surface area contributed by atoms with E-state index in [0.717, 1.165) is 43.1 Å². The summed E-state index contributed by atoms with van der Waals surface area (Å²) in [4.78, 5) is 9.68. The van der Waals surface area contributed by atoms with Crippen molar-refractivity contribution in [2.24, 2.45) is 0 Å². The molecular formula is C15H21N7S.